The van der Waals surface area contributed by atoms with Crippen molar-refractivity contribution in [2.45, 2.75) is 46.6 Å². The van der Waals surface area contributed by atoms with Crippen molar-refractivity contribution in [3.8, 4) is 0 Å². The fourth-order valence-corrected chi connectivity index (χ4v) is 8.39. The summed E-state index contributed by atoms with van der Waals surface area (Å²) in [6, 6.07) is 50.6. The third-order valence-electron chi connectivity index (χ3n) is 8.73. The summed E-state index contributed by atoms with van der Waals surface area (Å²) in [4.78, 5) is 5.29. The van der Waals surface area contributed by atoms with Crippen molar-refractivity contribution >= 4 is 75.8 Å². The van der Waals surface area contributed by atoms with Crippen LogP contribution in [0.2, 0.25) is 0 Å². The first-order valence-corrected chi connectivity index (χ1v) is 17.2. The first kappa shape index (κ1) is 32.4. The van der Waals surface area contributed by atoms with E-state index in [1.807, 2.05) is 24.3 Å². The van der Waals surface area contributed by atoms with Gasteiger partial charge in [-0.25, -0.2) is 0 Å². The Morgan fingerprint density at radius 3 is 1.04 bits per heavy atom. The molecule has 6 rings (SSSR count). The van der Waals surface area contributed by atoms with Gasteiger partial charge in [-0.3, -0.25) is 0 Å². The highest BCUT2D eigenvalue weighted by atomic mass is 32.1. The minimum atomic E-state index is -0.908. The van der Waals surface area contributed by atoms with Crippen LogP contribution in [0.3, 0.4) is 0 Å². The highest BCUT2D eigenvalue weighted by Gasteiger charge is 2.58. The molecule has 0 bridgehead atoms. The van der Waals surface area contributed by atoms with Crippen molar-refractivity contribution in [3.63, 3.8) is 0 Å². The number of rotatable bonds is 8. The number of hydrogen-bond donors (Lipinski definition) is 6. The zero-order valence-electron chi connectivity index (χ0n) is 24.2. The lowest BCUT2D eigenvalue weighted by Gasteiger charge is -2.54. The van der Waals surface area contributed by atoms with Crippen LogP contribution in [0.25, 0.3) is 0 Å². The topological polar surface area (TPSA) is 0 Å². The summed E-state index contributed by atoms with van der Waals surface area (Å²) in [5.74, 6) is 0. The number of hydrogen-bond acceptors (Lipinski definition) is 6. The van der Waals surface area contributed by atoms with Gasteiger partial charge in [0.25, 0.3) is 0 Å². The highest BCUT2D eigenvalue weighted by Crippen LogP contribution is 2.61. The van der Waals surface area contributed by atoms with Crippen molar-refractivity contribution in [2.75, 3.05) is 0 Å². The standard InChI is InChI=1S/C39H32S6/c40-29-21-17-27(18-22-29)38(28-19-23-30(41)24-20-28,25-26-9-1-5-13-34(26)42)39(31-10-2-6-14-35(31)43,32-11-3-7-15-36(32)44)33-12-4-8-16-37(33)45/h1-24,40-45H,25H2. The summed E-state index contributed by atoms with van der Waals surface area (Å²) < 4.78 is 0. The van der Waals surface area contributed by atoms with Gasteiger partial charge in [-0.05, 0) is 88.3 Å². The van der Waals surface area contributed by atoms with Gasteiger partial charge in [0.05, 0.1) is 5.41 Å². The van der Waals surface area contributed by atoms with Gasteiger partial charge in [0.15, 0.2) is 0 Å². The second-order valence-electron chi connectivity index (χ2n) is 11.1. The molecule has 0 N–H and O–H groups in total. The molecule has 6 aromatic carbocycles. The van der Waals surface area contributed by atoms with Gasteiger partial charge < -0.3 is 0 Å². The minimum Gasteiger partial charge on any atom is -0.143 e. The van der Waals surface area contributed by atoms with E-state index in [2.05, 4.69) is 121 Å². The van der Waals surface area contributed by atoms with Gasteiger partial charge in [-0.15, -0.1) is 75.8 Å². The Labute approximate surface area is 299 Å². The molecule has 0 aliphatic rings. The van der Waals surface area contributed by atoms with Gasteiger partial charge in [-0.1, -0.05) is 97.1 Å². The molecular formula is C39H32S6. The lowest BCUT2D eigenvalue weighted by Crippen LogP contribution is -2.54. The molecule has 0 saturated carbocycles. The van der Waals surface area contributed by atoms with Crippen LogP contribution < -0.4 is 0 Å². The fraction of sp³-hybridized carbons (Fsp3) is 0.0769. The lowest BCUT2D eigenvalue weighted by atomic mass is 9.47. The van der Waals surface area contributed by atoms with E-state index in [1.54, 1.807) is 0 Å². The Morgan fingerprint density at radius 2 is 0.689 bits per heavy atom. The predicted octanol–water partition coefficient (Wildman–Crippen LogP) is 11.0. The minimum absolute atomic E-state index is 0.594. The van der Waals surface area contributed by atoms with E-state index in [-0.39, 0.29) is 0 Å². The zero-order chi connectivity index (χ0) is 31.6. The van der Waals surface area contributed by atoms with Crippen LogP contribution >= 0.6 is 75.8 Å². The summed E-state index contributed by atoms with van der Waals surface area (Å²) in [5, 5.41) is 0. The van der Waals surface area contributed by atoms with Gasteiger partial charge in [0, 0.05) is 34.8 Å². The Bertz CT molecular complexity index is 1790. The predicted molar refractivity (Wildman–Crippen MR) is 207 cm³/mol. The van der Waals surface area contributed by atoms with E-state index in [4.69, 9.17) is 75.8 Å². The van der Waals surface area contributed by atoms with Crippen molar-refractivity contribution in [2.24, 2.45) is 0 Å². The molecule has 0 amide bonds. The maximum absolute atomic E-state index is 5.21. The van der Waals surface area contributed by atoms with E-state index in [0.717, 1.165) is 62.8 Å². The average Bonchev–Trinajstić information content (AvgIpc) is 3.04. The van der Waals surface area contributed by atoms with Gasteiger partial charge in [-0.2, -0.15) is 0 Å². The van der Waals surface area contributed by atoms with E-state index in [0.29, 0.717) is 6.42 Å². The fourth-order valence-electron chi connectivity index (χ4n) is 6.87. The van der Waals surface area contributed by atoms with Crippen LogP contribution in [0.4, 0.5) is 0 Å². The molecule has 0 atom stereocenters. The van der Waals surface area contributed by atoms with Crippen LogP contribution in [0.5, 0.6) is 0 Å². The molecule has 6 heteroatoms. The third-order valence-corrected chi connectivity index (χ3v) is 10.9. The molecule has 45 heavy (non-hydrogen) atoms. The first-order valence-electron chi connectivity index (χ1n) is 14.5. The molecule has 0 aliphatic heterocycles. The van der Waals surface area contributed by atoms with Gasteiger partial charge >= 0.3 is 0 Å². The molecular weight excluding hydrogens is 661 g/mol. The summed E-state index contributed by atoms with van der Waals surface area (Å²) in [5.41, 5.74) is 4.73. The second-order valence-corrected chi connectivity index (χ2v) is 14.1. The molecule has 0 aromatic heterocycles. The normalized spacial score (nSPS) is 11.9. The molecule has 6 aromatic rings. The Balaban J connectivity index is 1.96. The van der Waals surface area contributed by atoms with Crippen LogP contribution in [0, 0.1) is 0 Å². The van der Waals surface area contributed by atoms with Crippen molar-refractivity contribution in [3.05, 3.63) is 179 Å². The van der Waals surface area contributed by atoms with E-state index in [1.165, 1.54) is 0 Å². The van der Waals surface area contributed by atoms with Gasteiger partial charge in [0.2, 0.25) is 0 Å². The zero-order valence-corrected chi connectivity index (χ0v) is 29.6. The van der Waals surface area contributed by atoms with Crippen molar-refractivity contribution < 1.29 is 0 Å². The number of thiol groups is 6. The first-order chi connectivity index (χ1) is 21.8. The average molecular weight is 693 g/mol. The third kappa shape index (κ3) is 5.79. The van der Waals surface area contributed by atoms with Crippen molar-refractivity contribution in [1.82, 2.24) is 0 Å². The molecule has 0 aliphatic carbocycles. The molecule has 224 valence electrons. The van der Waals surface area contributed by atoms with E-state index in [9.17, 15) is 0 Å². The summed E-state index contributed by atoms with van der Waals surface area (Å²) >= 11 is 30.1. The molecule has 0 saturated heterocycles. The largest absolute Gasteiger partial charge is 0.143 e. The van der Waals surface area contributed by atoms with Crippen LogP contribution in [0.1, 0.15) is 33.4 Å². The van der Waals surface area contributed by atoms with E-state index >= 15 is 0 Å². The molecule has 0 spiro atoms. The second kappa shape index (κ2) is 13.6. The Kier molecular flexibility index (Phi) is 9.81. The van der Waals surface area contributed by atoms with Crippen molar-refractivity contribution in [1.29, 1.82) is 0 Å². The van der Waals surface area contributed by atoms with E-state index < -0.39 is 10.8 Å². The molecule has 0 radical (unpaired) electrons. The summed E-state index contributed by atoms with van der Waals surface area (Å²) in [6.45, 7) is 0. The van der Waals surface area contributed by atoms with Gasteiger partial charge in [0.1, 0.15) is 0 Å². The molecule has 0 unspecified atom stereocenters. The SMILES string of the molecule is Sc1ccc(C(Cc2ccccc2S)(c2ccc(S)cc2)C(c2ccccc2S)(c2ccccc2S)c2ccccc2S)cc1. The van der Waals surface area contributed by atoms with Crippen LogP contribution in [-0.2, 0) is 17.3 Å². The molecule has 0 fully saturated rings. The lowest BCUT2D eigenvalue weighted by molar-refractivity contribution is 0.339. The molecule has 0 nitrogen and oxygen atoms in total. The Hall–Kier alpha value is -2.58. The smallest absolute Gasteiger partial charge is 0.0624 e. The highest BCUT2D eigenvalue weighted by molar-refractivity contribution is 7.81. The maximum atomic E-state index is 5.21. The maximum Gasteiger partial charge on any atom is 0.0624 e. The summed E-state index contributed by atoms with van der Waals surface area (Å²) in [6.07, 6.45) is 0.594. The quantitative estimate of drug-likeness (QED) is 0.0664. The van der Waals surface area contributed by atoms with Crippen LogP contribution in [0.15, 0.2) is 175 Å². The monoisotopic (exact) mass is 692 g/mol. The summed E-state index contributed by atoms with van der Waals surface area (Å²) in [7, 11) is 0. The number of benzene rings is 6. The molecule has 0 heterocycles. The van der Waals surface area contributed by atoms with Crippen LogP contribution in [-0.4, -0.2) is 0 Å². The Morgan fingerprint density at radius 1 is 0.356 bits per heavy atom.